The smallest absolute Gasteiger partial charge is 0.208 e. The molecule has 19 heavy (non-hydrogen) atoms. The summed E-state index contributed by atoms with van der Waals surface area (Å²) in [6, 6.07) is 5.18. The van der Waals surface area contributed by atoms with Gasteiger partial charge in [-0.3, -0.25) is 0 Å². The molecule has 1 rings (SSSR count). The summed E-state index contributed by atoms with van der Waals surface area (Å²) in [5.74, 6) is 0.263. The number of alkyl halides is 1. The van der Waals surface area contributed by atoms with Crippen molar-refractivity contribution in [2.24, 2.45) is 5.92 Å². The van der Waals surface area contributed by atoms with E-state index >= 15 is 0 Å². The van der Waals surface area contributed by atoms with Crippen LogP contribution in [0, 0.1) is 19.8 Å². The van der Waals surface area contributed by atoms with Gasteiger partial charge < -0.3 is 0 Å². The fourth-order valence-corrected chi connectivity index (χ4v) is 3.79. The number of benzene rings is 1. The molecule has 1 atom stereocenters. The van der Waals surface area contributed by atoms with Crippen molar-refractivity contribution >= 4 is 26.0 Å². The zero-order chi connectivity index (χ0) is 14.6. The van der Waals surface area contributed by atoms with Crippen LogP contribution in [0.2, 0.25) is 0 Å². The second-order valence-corrected chi connectivity index (χ2v) is 7.70. The number of halogens is 1. The first-order valence-electron chi connectivity index (χ1n) is 6.43. The molecule has 3 nitrogen and oxygen atoms in total. The minimum absolute atomic E-state index is 0.0500. The number of hydrogen-bond donors (Lipinski definition) is 1. The highest BCUT2D eigenvalue weighted by molar-refractivity contribution is 9.09. The third kappa shape index (κ3) is 4.58. The average Bonchev–Trinajstić information content (AvgIpc) is 2.31. The first kappa shape index (κ1) is 16.7. The summed E-state index contributed by atoms with van der Waals surface area (Å²) in [5, 5.41) is 0.783. The monoisotopic (exact) mass is 347 g/mol. The van der Waals surface area contributed by atoms with E-state index < -0.39 is 10.0 Å². The molecular weight excluding hydrogens is 326 g/mol. The van der Waals surface area contributed by atoms with Crippen molar-refractivity contribution in [1.82, 2.24) is 4.72 Å². The highest BCUT2D eigenvalue weighted by Gasteiger charge is 2.22. The lowest BCUT2D eigenvalue weighted by atomic mass is 10.0. The van der Waals surface area contributed by atoms with Gasteiger partial charge in [-0.25, -0.2) is 13.1 Å². The lowest BCUT2D eigenvalue weighted by molar-refractivity contribution is 0.440. The van der Waals surface area contributed by atoms with Gasteiger partial charge >= 0.3 is 0 Å². The van der Waals surface area contributed by atoms with Crippen LogP contribution in [-0.2, 0) is 10.0 Å². The molecular formula is C14H22BrNO2S. The summed E-state index contributed by atoms with van der Waals surface area (Å²) in [4.78, 5) is 0.343. The Bertz CT molecular complexity index is 526. The van der Waals surface area contributed by atoms with Crippen LogP contribution in [-0.4, -0.2) is 19.8 Å². The van der Waals surface area contributed by atoms with E-state index in [4.69, 9.17) is 0 Å². The number of hydrogen-bond acceptors (Lipinski definition) is 2. The SMILES string of the molecule is Cc1ccc(S(=O)(=O)NC(CCBr)C(C)C)cc1C. The van der Waals surface area contributed by atoms with Crippen LogP contribution in [0.1, 0.15) is 31.4 Å². The van der Waals surface area contributed by atoms with Crippen LogP contribution in [0.3, 0.4) is 0 Å². The van der Waals surface area contributed by atoms with Gasteiger partial charge in [0, 0.05) is 11.4 Å². The van der Waals surface area contributed by atoms with Crippen LogP contribution < -0.4 is 4.72 Å². The van der Waals surface area contributed by atoms with Gasteiger partial charge in [0.1, 0.15) is 0 Å². The Morgan fingerprint density at radius 2 is 1.84 bits per heavy atom. The van der Waals surface area contributed by atoms with E-state index in [0.717, 1.165) is 22.9 Å². The van der Waals surface area contributed by atoms with Crippen LogP contribution in [0.5, 0.6) is 0 Å². The van der Waals surface area contributed by atoms with E-state index in [1.54, 1.807) is 12.1 Å². The Balaban J connectivity index is 2.99. The summed E-state index contributed by atoms with van der Waals surface area (Å²) in [6.45, 7) is 7.94. The van der Waals surface area contributed by atoms with Crippen molar-refractivity contribution in [2.45, 2.75) is 45.1 Å². The predicted octanol–water partition coefficient (Wildman–Crippen LogP) is 3.39. The highest BCUT2D eigenvalue weighted by atomic mass is 79.9. The van der Waals surface area contributed by atoms with Gasteiger partial charge in [0.25, 0.3) is 0 Å². The maximum absolute atomic E-state index is 12.4. The number of nitrogens with one attached hydrogen (secondary N) is 1. The maximum Gasteiger partial charge on any atom is 0.240 e. The number of rotatable bonds is 6. The van der Waals surface area contributed by atoms with Gasteiger partial charge in [0.05, 0.1) is 4.90 Å². The zero-order valence-corrected chi connectivity index (χ0v) is 14.3. The van der Waals surface area contributed by atoms with E-state index in [2.05, 4.69) is 20.7 Å². The van der Waals surface area contributed by atoms with E-state index in [1.807, 2.05) is 33.8 Å². The lowest BCUT2D eigenvalue weighted by Crippen LogP contribution is -2.38. The molecule has 0 aliphatic rings. The van der Waals surface area contributed by atoms with Gasteiger partial charge in [0.15, 0.2) is 0 Å². The minimum Gasteiger partial charge on any atom is -0.208 e. The molecule has 1 aromatic carbocycles. The molecule has 0 saturated carbocycles. The average molecular weight is 348 g/mol. The summed E-state index contributed by atoms with van der Waals surface area (Å²) >= 11 is 3.37. The molecule has 1 unspecified atom stereocenters. The topological polar surface area (TPSA) is 46.2 Å². The molecule has 0 aliphatic heterocycles. The van der Waals surface area contributed by atoms with E-state index in [9.17, 15) is 8.42 Å². The van der Waals surface area contributed by atoms with Gasteiger partial charge in [-0.05, 0) is 49.4 Å². The molecule has 0 fully saturated rings. The molecule has 0 bridgehead atoms. The summed E-state index contributed by atoms with van der Waals surface area (Å²) in [6.07, 6.45) is 0.780. The van der Waals surface area contributed by atoms with Crippen LogP contribution in [0.25, 0.3) is 0 Å². The highest BCUT2D eigenvalue weighted by Crippen LogP contribution is 2.17. The minimum atomic E-state index is -3.44. The Hall–Kier alpha value is -0.390. The Kier molecular flexibility index (Phi) is 6.02. The van der Waals surface area contributed by atoms with Crippen molar-refractivity contribution in [2.75, 3.05) is 5.33 Å². The molecule has 1 N–H and O–H groups in total. The Labute approximate surface area is 125 Å². The number of sulfonamides is 1. The van der Waals surface area contributed by atoms with Crippen molar-refractivity contribution in [3.63, 3.8) is 0 Å². The predicted molar refractivity (Wildman–Crippen MR) is 83.3 cm³/mol. The molecule has 0 spiro atoms. The van der Waals surface area contributed by atoms with Gasteiger partial charge in [-0.1, -0.05) is 35.8 Å². The van der Waals surface area contributed by atoms with Crippen LogP contribution >= 0.6 is 15.9 Å². The third-order valence-electron chi connectivity index (χ3n) is 3.32. The molecule has 0 saturated heterocycles. The van der Waals surface area contributed by atoms with Gasteiger partial charge in [0.2, 0.25) is 10.0 Å². The second-order valence-electron chi connectivity index (χ2n) is 5.20. The fraction of sp³-hybridized carbons (Fsp3) is 0.571. The van der Waals surface area contributed by atoms with E-state index in [-0.39, 0.29) is 12.0 Å². The molecule has 5 heteroatoms. The summed E-state index contributed by atoms with van der Waals surface area (Å²) in [7, 11) is -3.44. The normalized spacial score (nSPS) is 13.8. The van der Waals surface area contributed by atoms with E-state index in [0.29, 0.717) is 4.90 Å². The Morgan fingerprint density at radius 3 is 2.32 bits per heavy atom. The maximum atomic E-state index is 12.4. The third-order valence-corrected chi connectivity index (χ3v) is 5.27. The summed E-state index contributed by atoms with van der Waals surface area (Å²) < 4.78 is 27.5. The molecule has 108 valence electrons. The Morgan fingerprint density at radius 1 is 1.21 bits per heavy atom. The molecule has 0 amide bonds. The quantitative estimate of drug-likeness (QED) is 0.801. The van der Waals surface area contributed by atoms with Gasteiger partial charge in [-0.15, -0.1) is 0 Å². The molecule has 0 aromatic heterocycles. The molecule has 0 radical (unpaired) electrons. The fourth-order valence-electron chi connectivity index (χ4n) is 1.79. The summed E-state index contributed by atoms with van der Waals surface area (Å²) in [5.41, 5.74) is 2.09. The lowest BCUT2D eigenvalue weighted by Gasteiger charge is -2.21. The molecule has 0 heterocycles. The first-order chi connectivity index (χ1) is 8.77. The first-order valence-corrected chi connectivity index (χ1v) is 9.04. The van der Waals surface area contributed by atoms with Crippen LogP contribution in [0.4, 0.5) is 0 Å². The van der Waals surface area contributed by atoms with E-state index in [1.165, 1.54) is 0 Å². The van der Waals surface area contributed by atoms with Gasteiger partial charge in [-0.2, -0.15) is 0 Å². The second kappa shape index (κ2) is 6.86. The van der Waals surface area contributed by atoms with Crippen LogP contribution in [0.15, 0.2) is 23.1 Å². The molecule has 0 aliphatic carbocycles. The number of aryl methyl sites for hydroxylation is 2. The molecule has 1 aromatic rings. The standard InChI is InChI=1S/C14H22BrNO2S/c1-10(2)14(7-8-15)16-19(17,18)13-6-5-11(3)12(4)9-13/h5-6,9-10,14,16H,7-8H2,1-4H3. The largest absolute Gasteiger partial charge is 0.240 e. The van der Waals surface area contributed by atoms with Crippen molar-refractivity contribution < 1.29 is 8.42 Å². The zero-order valence-electron chi connectivity index (χ0n) is 11.9. The van der Waals surface area contributed by atoms with Crippen molar-refractivity contribution in [3.05, 3.63) is 29.3 Å². The van der Waals surface area contributed by atoms with Crippen molar-refractivity contribution in [3.8, 4) is 0 Å². The van der Waals surface area contributed by atoms with Crippen molar-refractivity contribution in [1.29, 1.82) is 0 Å².